The molecule has 5 N–H and O–H groups in total. The third-order valence-electron chi connectivity index (χ3n) is 3.60. The molecule has 0 heterocycles. The maximum absolute atomic E-state index is 12.1. The predicted molar refractivity (Wildman–Crippen MR) is 89.8 cm³/mol. The minimum Gasteiger partial charge on any atom is -0.406 e. The van der Waals surface area contributed by atoms with Crippen LogP contribution in [0.1, 0.15) is 24.3 Å². The first-order chi connectivity index (χ1) is 11.3. The molecule has 1 fully saturated rings. The molecule has 2 aromatic rings. The second-order valence-corrected chi connectivity index (χ2v) is 6.42. The Labute approximate surface area is 141 Å². The number of nitrogens with one attached hydrogen (secondary N) is 1. The second-order valence-electron chi connectivity index (χ2n) is 5.57. The summed E-state index contributed by atoms with van der Waals surface area (Å²) < 4.78 is 43.4. The zero-order valence-corrected chi connectivity index (χ0v) is 13.4. The van der Waals surface area contributed by atoms with Crippen LogP contribution in [-0.4, -0.2) is 6.36 Å². The summed E-state index contributed by atoms with van der Waals surface area (Å²) in [6.45, 7) is 0. The molecular weight excluding hydrogens is 339 g/mol. The molecule has 0 atom stereocenters. The standard InChI is InChI=1S/C16H16F3N3OS/c17-16(18,19)23-11-5-3-10(4-6-11)22-24-15-8-14(21)13(20)7-12(15)9-1-2-9/h3-9,22H,1-2,20-21H2. The van der Waals surface area contributed by atoms with E-state index < -0.39 is 6.36 Å². The Kier molecular flexibility index (Phi) is 4.40. The summed E-state index contributed by atoms with van der Waals surface area (Å²) in [7, 11) is 0. The number of halogens is 3. The summed E-state index contributed by atoms with van der Waals surface area (Å²) in [6.07, 6.45) is -2.44. The summed E-state index contributed by atoms with van der Waals surface area (Å²) in [5, 5.41) is 0. The van der Waals surface area contributed by atoms with Crippen molar-refractivity contribution in [2.75, 3.05) is 16.2 Å². The largest absolute Gasteiger partial charge is 0.573 e. The van der Waals surface area contributed by atoms with Gasteiger partial charge in [0.1, 0.15) is 5.75 Å². The van der Waals surface area contributed by atoms with Crippen molar-refractivity contribution >= 4 is 29.0 Å². The first-order valence-corrected chi connectivity index (χ1v) is 8.11. The van der Waals surface area contributed by atoms with Crippen LogP contribution in [0.15, 0.2) is 41.3 Å². The second kappa shape index (κ2) is 6.35. The predicted octanol–water partition coefficient (Wildman–Crippen LogP) is 4.75. The minimum atomic E-state index is -4.69. The fraction of sp³-hybridized carbons (Fsp3) is 0.250. The lowest BCUT2D eigenvalue weighted by Gasteiger charge is -2.13. The lowest BCUT2D eigenvalue weighted by Crippen LogP contribution is -2.16. The van der Waals surface area contributed by atoms with Gasteiger partial charge < -0.3 is 20.9 Å². The molecule has 0 bridgehead atoms. The molecule has 0 aromatic heterocycles. The topological polar surface area (TPSA) is 73.3 Å². The van der Waals surface area contributed by atoms with E-state index in [-0.39, 0.29) is 5.75 Å². The van der Waals surface area contributed by atoms with Crippen LogP contribution in [0.2, 0.25) is 0 Å². The van der Waals surface area contributed by atoms with E-state index in [9.17, 15) is 13.2 Å². The maximum Gasteiger partial charge on any atom is 0.573 e. The average molecular weight is 355 g/mol. The molecule has 0 spiro atoms. The van der Waals surface area contributed by atoms with Crippen LogP contribution in [0.25, 0.3) is 0 Å². The number of nitrogen functional groups attached to an aromatic ring is 2. The lowest BCUT2D eigenvalue weighted by atomic mass is 10.1. The van der Waals surface area contributed by atoms with Crippen LogP contribution in [-0.2, 0) is 0 Å². The van der Waals surface area contributed by atoms with Crippen LogP contribution < -0.4 is 20.9 Å². The number of ether oxygens (including phenoxy) is 1. The molecule has 24 heavy (non-hydrogen) atoms. The number of hydrogen-bond acceptors (Lipinski definition) is 5. The third kappa shape index (κ3) is 4.19. The molecule has 0 radical (unpaired) electrons. The van der Waals surface area contributed by atoms with Gasteiger partial charge in [-0.2, -0.15) is 0 Å². The van der Waals surface area contributed by atoms with Gasteiger partial charge in [0.2, 0.25) is 0 Å². The Morgan fingerprint density at radius 2 is 1.67 bits per heavy atom. The van der Waals surface area contributed by atoms with E-state index in [4.69, 9.17) is 11.5 Å². The maximum atomic E-state index is 12.1. The van der Waals surface area contributed by atoms with Gasteiger partial charge in [0, 0.05) is 10.6 Å². The number of benzene rings is 2. The van der Waals surface area contributed by atoms with Crippen LogP contribution in [0, 0.1) is 0 Å². The van der Waals surface area contributed by atoms with Crippen molar-refractivity contribution in [2.45, 2.75) is 30.0 Å². The van der Waals surface area contributed by atoms with Gasteiger partial charge in [0.05, 0.1) is 11.4 Å². The van der Waals surface area contributed by atoms with E-state index in [1.54, 1.807) is 0 Å². The smallest absolute Gasteiger partial charge is 0.406 e. The third-order valence-corrected chi connectivity index (χ3v) is 4.51. The molecule has 0 aliphatic heterocycles. The summed E-state index contributed by atoms with van der Waals surface area (Å²) in [5.74, 6) is 0.244. The van der Waals surface area contributed by atoms with Crippen molar-refractivity contribution in [1.82, 2.24) is 0 Å². The molecule has 8 heteroatoms. The van der Waals surface area contributed by atoms with E-state index in [0.29, 0.717) is 23.0 Å². The van der Waals surface area contributed by atoms with Gasteiger partial charge in [-0.15, -0.1) is 13.2 Å². The number of nitrogens with two attached hydrogens (primary N) is 2. The highest BCUT2D eigenvalue weighted by atomic mass is 32.2. The first-order valence-electron chi connectivity index (χ1n) is 7.29. The number of hydrogen-bond donors (Lipinski definition) is 3. The molecule has 128 valence electrons. The molecule has 1 aliphatic rings. The zero-order chi connectivity index (χ0) is 17.3. The fourth-order valence-electron chi connectivity index (χ4n) is 2.27. The summed E-state index contributed by atoms with van der Waals surface area (Å²) in [5.41, 5.74) is 14.6. The van der Waals surface area contributed by atoms with E-state index in [1.807, 2.05) is 12.1 Å². The van der Waals surface area contributed by atoms with Gasteiger partial charge >= 0.3 is 6.36 Å². The SMILES string of the molecule is Nc1cc(SNc2ccc(OC(F)(F)F)cc2)c(C2CC2)cc1N. The first kappa shape index (κ1) is 16.6. The Hall–Kier alpha value is -2.22. The quantitative estimate of drug-likeness (QED) is 0.533. The van der Waals surface area contributed by atoms with Gasteiger partial charge in [-0.05, 0) is 72.7 Å². The van der Waals surface area contributed by atoms with Gasteiger partial charge in [-0.25, -0.2) is 0 Å². The molecule has 0 saturated heterocycles. The van der Waals surface area contributed by atoms with Crippen LogP contribution >= 0.6 is 11.9 Å². The van der Waals surface area contributed by atoms with Gasteiger partial charge in [0.25, 0.3) is 0 Å². The van der Waals surface area contributed by atoms with Crippen molar-refractivity contribution in [2.24, 2.45) is 0 Å². The van der Waals surface area contributed by atoms with Crippen LogP contribution in [0.5, 0.6) is 5.75 Å². The molecule has 1 aliphatic carbocycles. The highest BCUT2D eigenvalue weighted by Gasteiger charge is 2.31. The molecule has 4 nitrogen and oxygen atoms in total. The Morgan fingerprint density at radius 1 is 1.04 bits per heavy atom. The van der Waals surface area contributed by atoms with Crippen molar-refractivity contribution < 1.29 is 17.9 Å². The van der Waals surface area contributed by atoms with Crippen LogP contribution in [0.3, 0.4) is 0 Å². The molecule has 0 unspecified atom stereocenters. The van der Waals surface area contributed by atoms with Crippen molar-refractivity contribution in [3.8, 4) is 5.75 Å². The average Bonchev–Trinajstić information content (AvgIpc) is 3.32. The molecule has 1 saturated carbocycles. The summed E-state index contributed by atoms with van der Waals surface area (Å²) in [6, 6.07) is 9.28. The van der Waals surface area contributed by atoms with Crippen molar-refractivity contribution in [1.29, 1.82) is 0 Å². The monoisotopic (exact) mass is 355 g/mol. The van der Waals surface area contributed by atoms with Crippen LogP contribution in [0.4, 0.5) is 30.2 Å². The Bertz CT molecular complexity index is 731. The molecule has 0 amide bonds. The fourth-order valence-corrected chi connectivity index (χ4v) is 3.16. The molecule has 3 rings (SSSR count). The van der Waals surface area contributed by atoms with Crippen molar-refractivity contribution in [3.63, 3.8) is 0 Å². The normalized spacial score (nSPS) is 14.5. The Balaban J connectivity index is 1.69. The summed E-state index contributed by atoms with van der Waals surface area (Å²) in [4.78, 5) is 0.972. The lowest BCUT2D eigenvalue weighted by molar-refractivity contribution is -0.274. The Morgan fingerprint density at radius 3 is 2.25 bits per heavy atom. The van der Waals surface area contributed by atoms with E-state index in [2.05, 4.69) is 9.46 Å². The van der Waals surface area contributed by atoms with E-state index >= 15 is 0 Å². The van der Waals surface area contributed by atoms with Crippen molar-refractivity contribution in [3.05, 3.63) is 42.0 Å². The molecule has 2 aromatic carbocycles. The van der Waals surface area contributed by atoms with Gasteiger partial charge in [-0.1, -0.05) is 0 Å². The zero-order valence-electron chi connectivity index (χ0n) is 12.6. The minimum absolute atomic E-state index is 0.256. The van der Waals surface area contributed by atoms with Gasteiger partial charge in [-0.3, -0.25) is 0 Å². The van der Waals surface area contributed by atoms with E-state index in [0.717, 1.165) is 23.3 Å². The van der Waals surface area contributed by atoms with E-state index in [1.165, 1.54) is 36.2 Å². The number of rotatable bonds is 5. The highest BCUT2D eigenvalue weighted by molar-refractivity contribution is 8.00. The van der Waals surface area contributed by atoms with Gasteiger partial charge in [0.15, 0.2) is 0 Å². The number of alkyl halides is 3. The number of anilines is 3. The molecular formula is C16H16F3N3OS. The highest BCUT2D eigenvalue weighted by Crippen LogP contribution is 2.46. The summed E-state index contributed by atoms with van der Waals surface area (Å²) >= 11 is 1.36.